The standard InChI is InChI=1S/C10H22N2O2/c1-4-7-12(2)9-10(13)11-6-5-8-14-3/h4-9H2,1-3H3,(H,11,13). The average Bonchev–Trinajstić information content (AvgIpc) is 2.13. The maximum absolute atomic E-state index is 11.3. The summed E-state index contributed by atoms with van der Waals surface area (Å²) in [7, 11) is 3.62. The second-order valence-electron chi connectivity index (χ2n) is 3.43. The summed E-state index contributed by atoms with van der Waals surface area (Å²) in [5.41, 5.74) is 0. The van der Waals surface area contributed by atoms with E-state index in [9.17, 15) is 4.79 Å². The van der Waals surface area contributed by atoms with Gasteiger partial charge in [-0.25, -0.2) is 0 Å². The van der Waals surface area contributed by atoms with Crippen LogP contribution in [-0.4, -0.2) is 51.2 Å². The van der Waals surface area contributed by atoms with Gasteiger partial charge in [0, 0.05) is 20.3 Å². The van der Waals surface area contributed by atoms with Crippen molar-refractivity contribution in [3.63, 3.8) is 0 Å². The molecule has 0 radical (unpaired) electrons. The van der Waals surface area contributed by atoms with Crippen molar-refractivity contribution >= 4 is 5.91 Å². The molecule has 0 bridgehead atoms. The van der Waals surface area contributed by atoms with Crippen molar-refractivity contribution in [3.05, 3.63) is 0 Å². The first-order valence-electron chi connectivity index (χ1n) is 5.14. The second kappa shape index (κ2) is 8.97. The Balaban J connectivity index is 3.35. The van der Waals surface area contributed by atoms with Crippen LogP contribution in [0.15, 0.2) is 0 Å². The number of nitrogens with one attached hydrogen (secondary N) is 1. The number of carbonyl (C=O) groups excluding carboxylic acids is 1. The molecular weight excluding hydrogens is 180 g/mol. The van der Waals surface area contributed by atoms with E-state index in [0.717, 1.165) is 19.4 Å². The van der Waals surface area contributed by atoms with Crippen molar-refractivity contribution in [2.24, 2.45) is 0 Å². The molecule has 14 heavy (non-hydrogen) atoms. The van der Waals surface area contributed by atoms with Crippen LogP contribution in [0, 0.1) is 0 Å². The highest BCUT2D eigenvalue weighted by Crippen LogP contribution is 1.85. The molecule has 0 saturated heterocycles. The van der Waals surface area contributed by atoms with Crippen LogP contribution >= 0.6 is 0 Å². The van der Waals surface area contributed by atoms with E-state index < -0.39 is 0 Å². The third-order valence-electron chi connectivity index (χ3n) is 1.87. The molecule has 0 aliphatic heterocycles. The summed E-state index contributed by atoms with van der Waals surface area (Å²) in [5.74, 6) is 0.0945. The fourth-order valence-electron chi connectivity index (χ4n) is 1.21. The van der Waals surface area contributed by atoms with E-state index in [4.69, 9.17) is 4.74 Å². The smallest absolute Gasteiger partial charge is 0.234 e. The summed E-state index contributed by atoms with van der Waals surface area (Å²) in [6.07, 6.45) is 1.95. The number of hydrogen-bond acceptors (Lipinski definition) is 3. The average molecular weight is 202 g/mol. The summed E-state index contributed by atoms with van der Waals surface area (Å²) in [4.78, 5) is 13.3. The monoisotopic (exact) mass is 202 g/mol. The zero-order valence-electron chi connectivity index (χ0n) is 9.51. The minimum absolute atomic E-state index is 0.0945. The van der Waals surface area contributed by atoms with E-state index in [2.05, 4.69) is 12.2 Å². The van der Waals surface area contributed by atoms with Gasteiger partial charge in [-0.05, 0) is 26.4 Å². The maximum atomic E-state index is 11.3. The first-order valence-corrected chi connectivity index (χ1v) is 5.14. The van der Waals surface area contributed by atoms with Gasteiger partial charge >= 0.3 is 0 Å². The zero-order valence-corrected chi connectivity index (χ0v) is 9.51. The SMILES string of the molecule is CCCN(C)CC(=O)NCCCOC. The summed E-state index contributed by atoms with van der Waals surface area (Å²) in [5, 5.41) is 2.85. The number of carbonyl (C=O) groups is 1. The predicted octanol–water partition coefficient (Wildman–Crippen LogP) is 0.481. The lowest BCUT2D eigenvalue weighted by Gasteiger charge is -2.14. The molecule has 0 heterocycles. The van der Waals surface area contributed by atoms with Crippen molar-refractivity contribution in [2.45, 2.75) is 19.8 Å². The Bertz CT molecular complexity index is 151. The number of amides is 1. The van der Waals surface area contributed by atoms with E-state index in [0.29, 0.717) is 19.7 Å². The van der Waals surface area contributed by atoms with Crippen molar-refractivity contribution in [1.29, 1.82) is 0 Å². The lowest BCUT2D eigenvalue weighted by Crippen LogP contribution is -2.36. The molecule has 1 N–H and O–H groups in total. The van der Waals surface area contributed by atoms with Gasteiger partial charge < -0.3 is 10.1 Å². The van der Waals surface area contributed by atoms with E-state index in [1.54, 1.807) is 7.11 Å². The normalized spacial score (nSPS) is 10.6. The fraction of sp³-hybridized carbons (Fsp3) is 0.900. The summed E-state index contributed by atoms with van der Waals surface area (Å²) >= 11 is 0. The minimum atomic E-state index is 0.0945. The van der Waals surface area contributed by atoms with Gasteiger partial charge in [0.2, 0.25) is 5.91 Å². The van der Waals surface area contributed by atoms with Crippen molar-refractivity contribution < 1.29 is 9.53 Å². The third kappa shape index (κ3) is 8.01. The molecule has 0 aliphatic carbocycles. The highest BCUT2D eigenvalue weighted by atomic mass is 16.5. The van der Waals surface area contributed by atoms with Crippen LogP contribution in [0.5, 0.6) is 0 Å². The predicted molar refractivity (Wildman–Crippen MR) is 57.3 cm³/mol. The fourth-order valence-corrected chi connectivity index (χ4v) is 1.21. The van der Waals surface area contributed by atoms with Crippen LogP contribution in [0.25, 0.3) is 0 Å². The van der Waals surface area contributed by atoms with E-state index in [1.165, 1.54) is 0 Å². The van der Waals surface area contributed by atoms with Crippen molar-refractivity contribution in [1.82, 2.24) is 10.2 Å². The van der Waals surface area contributed by atoms with E-state index in [1.807, 2.05) is 11.9 Å². The molecule has 4 heteroatoms. The molecule has 0 atom stereocenters. The number of likely N-dealkylation sites (N-methyl/N-ethyl adjacent to an activating group) is 1. The molecule has 0 saturated carbocycles. The Labute approximate surface area is 86.6 Å². The Kier molecular flexibility index (Phi) is 8.57. The molecule has 0 aromatic heterocycles. The topological polar surface area (TPSA) is 41.6 Å². The molecular formula is C10H22N2O2. The van der Waals surface area contributed by atoms with E-state index >= 15 is 0 Å². The molecule has 0 aromatic carbocycles. The van der Waals surface area contributed by atoms with Gasteiger partial charge in [0.15, 0.2) is 0 Å². The van der Waals surface area contributed by atoms with Gasteiger partial charge in [-0.15, -0.1) is 0 Å². The summed E-state index contributed by atoms with van der Waals surface area (Å²) in [6, 6.07) is 0. The summed E-state index contributed by atoms with van der Waals surface area (Å²) < 4.78 is 4.88. The van der Waals surface area contributed by atoms with Gasteiger partial charge in [-0.2, -0.15) is 0 Å². The van der Waals surface area contributed by atoms with Crippen LogP contribution in [0.3, 0.4) is 0 Å². The van der Waals surface area contributed by atoms with E-state index in [-0.39, 0.29) is 5.91 Å². The molecule has 0 spiro atoms. The molecule has 1 amide bonds. The molecule has 0 unspecified atom stereocenters. The Morgan fingerprint density at radius 2 is 2.21 bits per heavy atom. The van der Waals surface area contributed by atoms with Crippen LogP contribution < -0.4 is 5.32 Å². The van der Waals surface area contributed by atoms with Crippen LogP contribution in [-0.2, 0) is 9.53 Å². The summed E-state index contributed by atoms with van der Waals surface area (Å²) in [6.45, 7) is 4.96. The van der Waals surface area contributed by atoms with Crippen molar-refractivity contribution in [3.8, 4) is 0 Å². The minimum Gasteiger partial charge on any atom is -0.385 e. The van der Waals surface area contributed by atoms with Crippen LogP contribution in [0.4, 0.5) is 0 Å². The Hall–Kier alpha value is -0.610. The Morgan fingerprint density at radius 3 is 2.79 bits per heavy atom. The largest absolute Gasteiger partial charge is 0.385 e. The number of ether oxygens (including phenoxy) is 1. The number of rotatable bonds is 8. The van der Waals surface area contributed by atoms with Gasteiger partial charge in [0.05, 0.1) is 6.54 Å². The quantitative estimate of drug-likeness (QED) is 0.582. The van der Waals surface area contributed by atoms with Gasteiger partial charge in [-0.3, -0.25) is 9.69 Å². The van der Waals surface area contributed by atoms with Crippen LogP contribution in [0.1, 0.15) is 19.8 Å². The Morgan fingerprint density at radius 1 is 1.50 bits per heavy atom. The molecule has 0 rings (SSSR count). The molecule has 0 aliphatic rings. The number of hydrogen-bond donors (Lipinski definition) is 1. The molecule has 4 nitrogen and oxygen atoms in total. The second-order valence-corrected chi connectivity index (χ2v) is 3.43. The molecule has 84 valence electrons. The highest BCUT2D eigenvalue weighted by molar-refractivity contribution is 5.77. The lowest BCUT2D eigenvalue weighted by molar-refractivity contribution is -0.121. The first-order chi connectivity index (χ1) is 6.70. The lowest BCUT2D eigenvalue weighted by atomic mass is 10.4. The van der Waals surface area contributed by atoms with Gasteiger partial charge in [-0.1, -0.05) is 6.92 Å². The molecule has 0 fully saturated rings. The molecule has 0 aromatic rings. The van der Waals surface area contributed by atoms with Gasteiger partial charge in [0.25, 0.3) is 0 Å². The third-order valence-corrected chi connectivity index (χ3v) is 1.87. The zero-order chi connectivity index (χ0) is 10.8. The van der Waals surface area contributed by atoms with Crippen LogP contribution in [0.2, 0.25) is 0 Å². The number of nitrogens with zero attached hydrogens (tertiary/aromatic N) is 1. The van der Waals surface area contributed by atoms with Gasteiger partial charge in [0.1, 0.15) is 0 Å². The first kappa shape index (κ1) is 13.4. The maximum Gasteiger partial charge on any atom is 0.234 e. The van der Waals surface area contributed by atoms with Crippen molar-refractivity contribution in [2.75, 3.05) is 40.4 Å². The number of methoxy groups -OCH3 is 1. The highest BCUT2D eigenvalue weighted by Gasteiger charge is 2.03.